The normalized spacial score (nSPS) is 35.2. The average molecular weight is 208 g/mol. The first-order valence-corrected chi connectivity index (χ1v) is 4.58. The van der Waals surface area contributed by atoms with Gasteiger partial charge in [0, 0.05) is 18.6 Å². The molecule has 3 atom stereocenters. The Morgan fingerprint density at radius 2 is 2.14 bits per heavy atom. The van der Waals surface area contributed by atoms with Crippen molar-refractivity contribution in [3.8, 4) is 0 Å². The first kappa shape index (κ1) is 9.76. The van der Waals surface area contributed by atoms with Gasteiger partial charge in [0.25, 0.3) is 0 Å². The Balaban J connectivity index is 1.70. The van der Waals surface area contributed by atoms with Gasteiger partial charge in [0.15, 0.2) is 0 Å². The van der Waals surface area contributed by atoms with E-state index in [2.05, 4.69) is 5.32 Å². The maximum atomic E-state index is 11.8. The predicted molar refractivity (Wildman–Crippen MR) is 42.5 cm³/mol. The number of alkyl halides is 3. The Morgan fingerprint density at radius 3 is 2.64 bits per heavy atom. The number of rotatable bonds is 2. The van der Waals surface area contributed by atoms with Crippen molar-refractivity contribution in [2.24, 2.45) is 5.92 Å². The summed E-state index contributed by atoms with van der Waals surface area (Å²) in [5.41, 5.74) is 0. The second kappa shape index (κ2) is 3.12. The Hall–Kier alpha value is -0.780. The van der Waals surface area contributed by atoms with Gasteiger partial charge >= 0.3 is 12.1 Å². The van der Waals surface area contributed by atoms with E-state index in [0.29, 0.717) is 12.0 Å². The summed E-state index contributed by atoms with van der Waals surface area (Å²) in [6.45, 7) is 0.0747. The van der Waals surface area contributed by atoms with Crippen molar-refractivity contribution in [1.82, 2.24) is 10.6 Å². The molecule has 1 amide bonds. The van der Waals surface area contributed by atoms with Gasteiger partial charge in [-0.25, -0.2) is 0 Å². The van der Waals surface area contributed by atoms with Crippen molar-refractivity contribution in [3.05, 3.63) is 0 Å². The predicted octanol–water partition coefficient (Wildman–Crippen LogP) is 0.415. The van der Waals surface area contributed by atoms with Crippen LogP contribution in [-0.4, -0.2) is 30.7 Å². The molecule has 0 radical (unpaired) electrons. The third-order valence-electron chi connectivity index (χ3n) is 2.73. The highest BCUT2D eigenvalue weighted by Crippen LogP contribution is 2.40. The fourth-order valence-corrected chi connectivity index (χ4v) is 1.91. The van der Waals surface area contributed by atoms with Gasteiger partial charge in [-0.05, 0) is 18.8 Å². The number of nitrogens with one attached hydrogen (secondary N) is 2. The zero-order chi connectivity index (χ0) is 10.3. The number of carbonyl (C=O) groups excluding carboxylic acids is 1. The molecule has 2 rings (SSSR count). The molecule has 2 N–H and O–H groups in total. The van der Waals surface area contributed by atoms with Crippen LogP contribution in [0.3, 0.4) is 0 Å². The second-order valence-corrected chi connectivity index (χ2v) is 3.91. The van der Waals surface area contributed by atoms with E-state index in [1.165, 1.54) is 0 Å². The van der Waals surface area contributed by atoms with Gasteiger partial charge in [-0.1, -0.05) is 0 Å². The van der Waals surface area contributed by atoms with Crippen molar-refractivity contribution in [2.75, 3.05) is 6.54 Å². The molecule has 0 unspecified atom stereocenters. The molecule has 1 aliphatic carbocycles. The SMILES string of the molecule is O=C(NC[C@@H]1C[C@H]2C[C@@H]2N1)C(F)(F)F. The summed E-state index contributed by atoms with van der Waals surface area (Å²) in [7, 11) is 0. The molecular formula is C8H11F3N2O. The zero-order valence-corrected chi connectivity index (χ0v) is 7.40. The Kier molecular flexibility index (Phi) is 2.17. The van der Waals surface area contributed by atoms with Gasteiger partial charge in [0.2, 0.25) is 0 Å². The lowest BCUT2D eigenvalue weighted by molar-refractivity contribution is -0.173. The molecule has 2 aliphatic rings. The maximum absolute atomic E-state index is 11.8. The summed E-state index contributed by atoms with van der Waals surface area (Å²) in [6.07, 6.45) is -2.76. The van der Waals surface area contributed by atoms with E-state index in [1.807, 2.05) is 5.32 Å². The van der Waals surface area contributed by atoms with Gasteiger partial charge in [0.05, 0.1) is 0 Å². The Labute approximate surface area is 79.0 Å². The number of halogens is 3. The molecule has 1 saturated heterocycles. The van der Waals surface area contributed by atoms with Crippen LogP contribution in [-0.2, 0) is 4.79 Å². The summed E-state index contributed by atoms with van der Waals surface area (Å²) < 4.78 is 35.3. The topological polar surface area (TPSA) is 41.1 Å². The average Bonchev–Trinajstić information content (AvgIpc) is 2.68. The molecule has 2 fully saturated rings. The molecule has 0 aromatic carbocycles. The van der Waals surface area contributed by atoms with E-state index in [-0.39, 0.29) is 12.6 Å². The fraction of sp³-hybridized carbons (Fsp3) is 0.875. The van der Waals surface area contributed by atoms with Crippen LogP contribution in [0.5, 0.6) is 0 Å². The summed E-state index contributed by atoms with van der Waals surface area (Å²) in [6, 6.07) is 0.507. The monoisotopic (exact) mass is 208 g/mol. The van der Waals surface area contributed by atoms with Crippen LogP contribution in [0.25, 0.3) is 0 Å². The lowest BCUT2D eigenvalue weighted by atomic mass is 10.2. The highest BCUT2D eigenvalue weighted by atomic mass is 19.4. The van der Waals surface area contributed by atoms with Crippen molar-refractivity contribution in [3.63, 3.8) is 0 Å². The second-order valence-electron chi connectivity index (χ2n) is 3.91. The third-order valence-corrected chi connectivity index (χ3v) is 2.73. The van der Waals surface area contributed by atoms with Crippen molar-refractivity contribution in [1.29, 1.82) is 0 Å². The van der Waals surface area contributed by atoms with Gasteiger partial charge in [0.1, 0.15) is 0 Å². The number of carbonyl (C=O) groups is 1. The molecule has 1 aliphatic heterocycles. The highest BCUT2D eigenvalue weighted by Gasteiger charge is 2.46. The van der Waals surface area contributed by atoms with E-state index >= 15 is 0 Å². The van der Waals surface area contributed by atoms with Crippen LogP contribution in [0.15, 0.2) is 0 Å². The summed E-state index contributed by atoms with van der Waals surface area (Å²) in [5, 5.41) is 5.03. The third kappa shape index (κ3) is 2.00. The van der Waals surface area contributed by atoms with Gasteiger partial charge < -0.3 is 10.6 Å². The Bertz CT molecular complexity index is 243. The van der Waals surface area contributed by atoms with E-state index in [0.717, 1.165) is 12.8 Å². The molecule has 6 heteroatoms. The minimum Gasteiger partial charge on any atom is -0.347 e. The van der Waals surface area contributed by atoms with Gasteiger partial charge in [-0.15, -0.1) is 0 Å². The molecule has 1 saturated carbocycles. The number of fused-ring (bicyclic) bond motifs is 1. The molecular weight excluding hydrogens is 197 g/mol. The van der Waals surface area contributed by atoms with E-state index in [1.54, 1.807) is 0 Å². The number of amides is 1. The lowest BCUT2D eigenvalue weighted by Crippen LogP contribution is -2.44. The first-order chi connectivity index (χ1) is 6.47. The lowest BCUT2D eigenvalue weighted by Gasteiger charge is -2.14. The molecule has 1 heterocycles. The summed E-state index contributed by atoms with van der Waals surface area (Å²) in [4.78, 5) is 10.5. The molecule has 0 aromatic rings. The summed E-state index contributed by atoms with van der Waals surface area (Å²) >= 11 is 0. The molecule has 3 nitrogen and oxygen atoms in total. The quantitative estimate of drug-likeness (QED) is 0.690. The fourth-order valence-electron chi connectivity index (χ4n) is 1.91. The number of piperidine rings is 1. The smallest absolute Gasteiger partial charge is 0.347 e. The van der Waals surface area contributed by atoms with Crippen molar-refractivity contribution >= 4 is 5.91 Å². The van der Waals surface area contributed by atoms with Crippen molar-refractivity contribution in [2.45, 2.75) is 31.1 Å². The van der Waals surface area contributed by atoms with Gasteiger partial charge in [-0.2, -0.15) is 13.2 Å². The van der Waals surface area contributed by atoms with Crippen molar-refractivity contribution < 1.29 is 18.0 Å². The molecule has 0 spiro atoms. The van der Waals surface area contributed by atoms with Crippen LogP contribution in [0.4, 0.5) is 13.2 Å². The van der Waals surface area contributed by atoms with E-state index < -0.39 is 12.1 Å². The van der Waals surface area contributed by atoms with E-state index in [9.17, 15) is 18.0 Å². The number of hydrogen-bond donors (Lipinski definition) is 2. The first-order valence-electron chi connectivity index (χ1n) is 4.58. The van der Waals surface area contributed by atoms with Crippen LogP contribution in [0, 0.1) is 5.92 Å². The maximum Gasteiger partial charge on any atom is 0.471 e. The van der Waals surface area contributed by atoms with Gasteiger partial charge in [-0.3, -0.25) is 4.79 Å². The van der Waals surface area contributed by atoms with Crippen LogP contribution < -0.4 is 10.6 Å². The minimum atomic E-state index is -4.76. The van der Waals surface area contributed by atoms with E-state index in [4.69, 9.17) is 0 Å². The highest BCUT2D eigenvalue weighted by molar-refractivity contribution is 5.81. The van der Waals surface area contributed by atoms with Crippen LogP contribution in [0.2, 0.25) is 0 Å². The summed E-state index contributed by atoms with van der Waals surface area (Å²) in [5.74, 6) is -1.22. The molecule has 0 aromatic heterocycles. The standard InChI is InChI=1S/C8H11F3N2O/c9-8(10,11)7(14)12-3-5-1-4-2-6(4)13-5/h4-6,13H,1-3H2,(H,12,14)/t4-,5-,6-/m0/s1. The zero-order valence-electron chi connectivity index (χ0n) is 7.40. The van der Waals surface area contributed by atoms with Crippen LogP contribution in [0.1, 0.15) is 12.8 Å². The Morgan fingerprint density at radius 1 is 1.43 bits per heavy atom. The largest absolute Gasteiger partial charge is 0.471 e. The molecule has 0 bridgehead atoms. The minimum absolute atomic E-state index is 0.0186. The number of hydrogen-bond acceptors (Lipinski definition) is 2. The molecule has 80 valence electrons. The molecule has 14 heavy (non-hydrogen) atoms. The van der Waals surface area contributed by atoms with Crippen LogP contribution >= 0.6 is 0 Å².